The highest BCUT2D eigenvalue weighted by molar-refractivity contribution is 7.09. The lowest BCUT2D eigenvalue weighted by atomic mass is 10.1. The van der Waals surface area contributed by atoms with Crippen molar-refractivity contribution in [2.45, 2.75) is 20.4 Å². The second-order valence-electron chi connectivity index (χ2n) is 6.33. The molecule has 27 heavy (non-hydrogen) atoms. The number of carbonyl (C=O) groups is 2. The highest BCUT2D eigenvalue weighted by Gasteiger charge is 2.10. The van der Waals surface area contributed by atoms with Crippen molar-refractivity contribution in [3.8, 4) is 11.3 Å². The minimum absolute atomic E-state index is 0.0667. The Morgan fingerprint density at radius 1 is 1.00 bits per heavy atom. The Morgan fingerprint density at radius 3 is 2.41 bits per heavy atom. The van der Waals surface area contributed by atoms with Crippen LogP contribution in [0.5, 0.6) is 0 Å². The van der Waals surface area contributed by atoms with E-state index < -0.39 is 0 Å². The fourth-order valence-electron chi connectivity index (χ4n) is 2.74. The molecule has 5 nitrogen and oxygen atoms in total. The monoisotopic (exact) mass is 379 g/mol. The van der Waals surface area contributed by atoms with Crippen LogP contribution in [0.3, 0.4) is 0 Å². The minimum atomic E-state index is -0.252. The smallest absolute Gasteiger partial charge is 0.251 e. The van der Waals surface area contributed by atoms with Crippen molar-refractivity contribution < 1.29 is 9.59 Å². The van der Waals surface area contributed by atoms with Gasteiger partial charge in [-0.1, -0.05) is 47.5 Å². The van der Waals surface area contributed by atoms with Crippen LogP contribution in [0, 0.1) is 13.8 Å². The molecule has 0 atom stereocenters. The Hall–Kier alpha value is -2.99. The van der Waals surface area contributed by atoms with Crippen LogP contribution in [0.4, 0.5) is 0 Å². The lowest BCUT2D eigenvalue weighted by Crippen LogP contribution is -2.36. The first-order valence-corrected chi connectivity index (χ1v) is 9.52. The molecule has 3 aromatic rings. The SMILES string of the molecule is Cc1cc(C)cc(C(=O)NCC(=O)NCc2nc(-c3ccccc3)cs2)c1. The number of nitrogens with zero attached hydrogens (tertiary/aromatic N) is 1. The van der Waals surface area contributed by atoms with E-state index in [1.807, 2.05) is 55.6 Å². The maximum Gasteiger partial charge on any atom is 0.251 e. The number of thiazole rings is 1. The average molecular weight is 379 g/mol. The normalized spacial score (nSPS) is 10.4. The van der Waals surface area contributed by atoms with Crippen LogP contribution in [0.15, 0.2) is 53.9 Å². The Kier molecular flexibility index (Phi) is 5.98. The summed E-state index contributed by atoms with van der Waals surface area (Å²) in [6.45, 7) is 4.15. The molecule has 0 saturated carbocycles. The van der Waals surface area contributed by atoms with Crippen molar-refractivity contribution in [2.24, 2.45) is 0 Å². The molecular formula is C21H21N3O2S. The van der Waals surface area contributed by atoms with Crippen molar-refractivity contribution in [3.63, 3.8) is 0 Å². The van der Waals surface area contributed by atoms with E-state index >= 15 is 0 Å². The molecule has 0 aliphatic rings. The van der Waals surface area contributed by atoms with E-state index in [1.54, 1.807) is 12.1 Å². The zero-order valence-corrected chi connectivity index (χ0v) is 16.1. The third kappa shape index (κ3) is 5.24. The average Bonchev–Trinajstić information content (AvgIpc) is 3.13. The molecule has 0 unspecified atom stereocenters. The van der Waals surface area contributed by atoms with Gasteiger partial charge in [0.1, 0.15) is 5.01 Å². The Balaban J connectivity index is 1.49. The molecule has 2 amide bonds. The lowest BCUT2D eigenvalue weighted by molar-refractivity contribution is -0.120. The summed E-state index contributed by atoms with van der Waals surface area (Å²) in [5.41, 5.74) is 4.54. The van der Waals surface area contributed by atoms with Crippen molar-refractivity contribution in [1.29, 1.82) is 0 Å². The molecule has 0 saturated heterocycles. The third-order valence-electron chi connectivity index (χ3n) is 3.95. The quantitative estimate of drug-likeness (QED) is 0.689. The van der Waals surface area contributed by atoms with Crippen LogP contribution in [0.1, 0.15) is 26.5 Å². The minimum Gasteiger partial charge on any atom is -0.348 e. The van der Waals surface area contributed by atoms with Gasteiger partial charge in [-0.25, -0.2) is 4.98 Å². The molecule has 0 bridgehead atoms. The van der Waals surface area contributed by atoms with Crippen LogP contribution in [0.2, 0.25) is 0 Å². The van der Waals surface area contributed by atoms with E-state index in [1.165, 1.54) is 11.3 Å². The van der Waals surface area contributed by atoms with Crippen molar-refractivity contribution in [1.82, 2.24) is 15.6 Å². The molecule has 2 N–H and O–H groups in total. The van der Waals surface area contributed by atoms with Gasteiger partial charge < -0.3 is 10.6 Å². The third-order valence-corrected chi connectivity index (χ3v) is 4.80. The molecule has 0 fully saturated rings. The van der Waals surface area contributed by atoms with Crippen LogP contribution < -0.4 is 10.6 Å². The van der Waals surface area contributed by atoms with Gasteiger partial charge in [0.2, 0.25) is 5.91 Å². The number of aromatic nitrogens is 1. The molecule has 0 radical (unpaired) electrons. The number of aryl methyl sites for hydroxylation is 2. The highest BCUT2D eigenvalue weighted by atomic mass is 32.1. The van der Waals surface area contributed by atoms with E-state index in [2.05, 4.69) is 15.6 Å². The van der Waals surface area contributed by atoms with Crippen LogP contribution >= 0.6 is 11.3 Å². The first kappa shape index (κ1) is 18.8. The second-order valence-corrected chi connectivity index (χ2v) is 7.27. The van der Waals surface area contributed by atoms with Gasteiger partial charge in [-0.2, -0.15) is 0 Å². The molecule has 2 aromatic carbocycles. The highest BCUT2D eigenvalue weighted by Crippen LogP contribution is 2.21. The zero-order valence-electron chi connectivity index (χ0n) is 15.3. The molecule has 1 heterocycles. The van der Waals surface area contributed by atoms with E-state index in [-0.39, 0.29) is 18.4 Å². The molecule has 1 aromatic heterocycles. The summed E-state index contributed by atoms with van der Waals surface area (Å²) in [6, 6.07) is 15.5. The maximum atomic E-state index is 12.2. The van der Waals surface area contributed by atoms with Crippen molar-refractivity contribution in [3.05, 3.63) is 75.6 Å². The van der Waals surface area contributed by atoms with E-state index in [0.29, 0.717) is 12.1 Å². The summed E-state index contributed by atoms with van der Waals surface area (Å²) in [6.07, 6.45) is 0. The predicted octanol–water partition coefficient (Wildman–Crippen LogP) is 3.47. The fourth-order valence-corrected chi connectivity index (χ4v) is 3.48. The standard InChI is InChI=1S/C21H21N3O2S/c1-14-8-15(2)10-17(9-14)21(26)23-11-19(25)22-12-20-24-18(13-27-20)16-6-4-3-5-7-16/h3-10,13H,11-12H2,1-2H3,(H,22,25)(H,23,26). The topological polar surface area (TPSA) is 71.1 Å². The van der Waals surface area contributed by atoms with Gasteiger partial charge in [0.05, 0.1) is 18.8 Å². The second kappa shape index (κ2) is 8.60. The number of amides is 2. The Bertz CT molecular complexity index is 931. The largest absolute Gasteiger partial charge is 0.348 e. The fraction of sp³-hybridized carbons (Fsp3) is 0.190. The zero-order chi connectivity index (χ0) is 19.2. The summed E-state index contributed by atoms with van der Waals surface area (Å²) in [7, 11) is 0. The van der Waals surface area contributed by atoms with E-state index in [9.17, 15) is 9.59 Å². The molecule has 0 spiro atoms. The summed E-state index contributed by atoms with van der Waals surface area (Å²) < 4.78 is 0. The molecule has 0 aliphatic heterocycles. The Morgan fingerprint density at radius 2 is 1.70 bits per heavy atom. The summed E-state index contributed by atoms with van der Waals surface area (Å²) in [5, 5.41) is 8.23. The molecule has 3 rings (SSSR count). The van der Waals surface area contributed by atoms with E-state index in [0.717, 1.165) is 27.4 Å². The van der Waals surface area contributed by atoms with Crippen molar-refractivity contribution in [2.75, 3.05) is 6.54 Å². The number of carbonyl (C=O) groups excluding carboxylic acids is 2. The number of nitrogens with one attached hydrogen (secondary N) is 2. The number of hydrogen-bond acceptors (Lipinski definition) is 4. The van der Waals surface area contributed by atoms with Gasteiger partial charge in [-0.05, 0) is 26.0 Å². The summed E-state index contributed by atoms with van der Waals surface area (Å²) in [5.74, 6) is -0.498. The van der Waals surface area contributed by atoms with Gasteiger partial charge in [0.15, 0.2) is 0 Å². The summed E-state index contributed by atoms with van der Waals surface area (Å²) in [4.78, 5) is 28.7. The number of rotatable bonds is 6. The van der Waals surface area contributed by atoms with Gasteiger partial charge >= 0.3 is 0 Å². The molecular weight excluding hydrogens is 358 g/mol. The van der Waals surface area contributed by atoms with Crippen LogP contribution in [-0.2, 0) is 11.3 Å². The molecule has 6 heteroatoms. The maximum absolute atomic E-state index is 12.2. The first-order valence-electron chi connectivity index (χ1n) is 8.64. The van der Waals surface area contributed by atoms with Crippen LogP contribution in [0.25, 0.3) is 11.3 Å². The lowest BCUT2D eigenvalue weighted by Gasteiger charge is -2.07. The van der Waals surface area contributed by atoms with Crippen molar-refractivity contribution >= 4 is 23.2 Å². The Labute approximate surface area is 162 Å². The predicted molar refractivity (Wildman–Crippen MR) is 108 cm³/mol. The first-order chi connectivity index (χ1) is 13.0. The van der Waals surface area contributed by atoms with E-state index in [4.69, 9.17) is 0 Å². The number of benzene rings is 2. The summed E-state index contributed by atoms with van der Waals surface area (Å²) >= 11 is 1.50. The van der Waals surface area contributed by atoms with Gasteiger partial charge in [-0.3, -0.25) is 9.59 Å². The molecule has 138 valence electrons. The van der Waals surface area contributed by atoms with Crippen LogP contribution in [-0.4, -0.2) is 23.3 Å². The van der Waals surface area contributed by atoms with Gasteiger partial charge in [0, 0.05) is 16.5 Å². The molecule has 0 aliphatic carbocycles. The number of hydrogen-bond donors (Lipinski definition) is 2. The van der Waals surface area contributed by atoms with Gasteiger partial charge in [-0.15, -0.1) is 11.3 Å². The van der Waals surface area contributed by atoms with Gasteiger partial charge in [0.25, 0.3) is 5.91 Å².